The molecule has 1 aromatic rings. The van der Waals surface area contributed by atoms with Gasteiger partial charge in [-0.05, 0) is 5.56 Å². The van der Waals surface area contributed by atoms with Gasteiger partial charge in [0.1, 0.15) is 12.7 Å². The van der Waals surface area contributed by atoms with Crippen LogP contribution in [0.25, 0.3) is 0 Å². The SMILES string of the molecule is CC(=O)OC[C@H]1OC(OCc2ccccc2)[C@H](OC(C)=O)[C@@H](OC(C)=O)[C@H]1OC(C)=O. The predicted molar refractivity (Wildman–Crippen MR) is 103 cm³/mol. The van der Waals surface area contributed by atoms with E-state index in [1.807, 2.05) is 30.3 Å². The van der Waals surface area contributed by atoms with Crippen LogP contribution >= 0.6 is 0 Å². The van der Waals surface area contributed by atoms with Crippen LogP contribution in [-0.4, -0.2) is 61.2 Å². The number of benzene rings is 1. The number of esters is 4. The predicted octanol–water partition coefficient (Wildman–Crippen LogP) is 1.29. The summed E-state index contributed by atoms with van der Waals surface area (Å²) in [6.07, 6.45) is -5.92. The normalized spacial score (nSPS) is 25.2. The van der Waals surface area contributed by atoms with E-state index in [9.17, 15) is 19.2 Å². The molecule has 1 aliphatic rings. The molecule has 1 aromatic carbocycles. The van der Waals surface area contributed by atoms with Crippen molar-refractivity contribution < 1.29 is 47.6 Å². The zero-order valence-corrected chi connectivity index (χ0v) is 17.8. The van der Waals surface area contributed by atoms with Crippen molar-refractivity contribution in [3.63, 3.8) is 0 Å². The Labute approximate surface area is 179 Å². The van der Waals surface area contributed by atoms with Crippen LogP contribution in [0.5, 0.6) is 0 Å². The fourth-order valence-electron chi connectivity index (χ4n) is 3.08. The van der Waals surface area contributed by atoms with Gasteiger partial charge >= 0.3 is 23.9 Å². The van der Waals surface area contributed by atoms with Gasteiger partial charge in [-0.3, -0.25) is 19.2 Å². The van der Waals surface area contributed by atoms with Gasteiger partial charge in [0.05, 0.1) is 6.61 Å². The van der Waals surface area contributed by atoms with Crippen molar-refractivity contribution in [3.05, 3.63) is 35.9 Å². The van der Waals surface area contributed by atoms with Crippen molar-refractivity contribution in [3.8, 4) is 0 Å². The molecule has 0 spiro atoms. The largest absolute Gasteiger partial charge is 0.463 e. The fourth-order valence-corrected chi connectivity index (χ4v) is 3.08. The second-order valence-electron chi connectivity index (χ2n) is 6.86. The molecule has 1 aliphatic heterocycles. The Bertz CT molecular complexity index is 778. The molecule has 5 atom stereocenters. The van der Waals surface area contributed by atoms with E-state index in [-0.39, 0.29) is 13.2 Å². The lowest BCUT2D eigenvalue weighted by molar-refractivity contribution is -0.310. The van der Waals surface area contributed by atoms with Crippen LogP contribution in [-0.2, 0) is 54.2 Å². The first kappa shape index (κ1) is 24.3. The van der Waals surface area contributed by atoms with E-state index in [0.717, 1.165) is 19.4 Å². The van der Waals surface area contributed by atoms with Crippen LogP contribution in [0.1, 0.15) is 33.3 Å². The van der Waals surface area contributed by atoms with E-state index in [0.29, 0.717) is 0 Å². The average Bonchev–Trinajstić information content (AvgIpc) is 2.68. The smallest absolute Gasteiger partial charge is 0.303 e. The van der Waals surface area contributed by atoms with Gasteiger partial charge in [-0.1, -0.05) is 30.3 Å². The van der Waals surface area contributed by atoms with Crippen molar-refractivity contribution in [2.24, 2.45) is 0 Å². The van der Waals surface area contributed by atoms with Crippen molar-refractivity contribution in [2.45, 2.75) is 65.0 Å². The van der Waals surface area contributed by atoms with Gasteiger partial charge in [-0.15, -0.1) is 0 Å². The summed E-state index contributed by atoms with van der Waals surface area (Å²) in [5.41, 5.74) is 0.815. The van der Waals surface area contributed by atoms with Gasteiger partial charge in [-0.25, -0.2) is 0 Å². The lowest BCUT2D eigenvalue weighted by Gasteiger charge is -2.44. The van der Waals surface area contributed by atoms with Gasteiger partial charge in [0.15, 0.2) is 24.6 Å². The zero-order valence-electron chi connectivity index (χ0n) is 17.8. The third-order valence-electron chi connectivity index (χ3n) is 4.21. The molecule has 1 fully saturated rings. The molecule has 0 aromatic heterocycles. The Morgan fingerprint density at radius 1 is 0.774 bits per heavy atom. The maximum absolute atomic E-state index is 11.8. The summed E-state index contributed by atoms with van der Waals surface area (Å²) in [6, 6.07) is 9.14. The summed E-state index contributed by atoms with van der Waals surface area (Å²) in [5, 5.41) is 0. The van der Waals surface area contributed by atoms with Crippen LogP contribution in [0.2, 0.25) is 0 Å². The van der Waals surface area contributed by atoms with Crippen LogP contribution < -0.4 is 0 Å². The maximum Gasteiger partial charge on any atom is 0.303 e. The standard InChI is InChI=1S/C21H26O10/c1-12(22)26-11-17-18(28-13(2)23)19(29-14(3)24)20(30-15(4)25)21(31-17)27-10-16-8-6-5-7-9-16/h5-9,17-21H,10-11H2,1-4H3/t17-,18+,19+,20-,21?/m1/s1. The Hall–Kier alpha value is -2.98. The van der Waals surface area contributed by atoms with Crippen LogP contribution in [0, 0.1) is 0 Å². The highest BCUT2D eigenvalue weighted by Gasteiger charge is 2.52. The Kier molecular flexibility index (Phi) is 8.95. The van der Waals surface area contributed by atoms with E-state index in [1.165, 1.54) is 13.8 Å². The Balaban J connectivity index is 2.35. The molecule has 0 saturated carbocycles. The van der Waals surface area contributed by atoms with E-state index >= 15 is 0 Å². The molecule has 1 saturated heterocycles. The van der Waals surface area contributed by atoms with Crippen molar-refractivity contribution in [1.82, 2.24) is 0 Å². The highest BCUT2D eigenvalue weighted by atomic mass is 16.7. The van der Waals surface area contributed by atoms with Crippen molar-refractivity contribution >= 4 is 23.9 Å². The maximum atomic E-state index is 11.8. The van der Waals surface area contributed by atoms with Crippen LogP contribution in [0.4, 0.5) is 0 Å². The molecule has 1 unspecified atom stereocenters. The highest BCUT2D eigenvalue weighted by molar-refractivity contribution is 5.68. The van der Waals surface area contributed by atoms with Gasteiger partial charge in [0.2, 0.25) is 0 Å². The summed E-state index contributed by atoms with van der Waals surface area (Å²) in [4.78, 5) is 46.5. The van der Waals surface area contributed by atoms with E-state index in [2.05, 4.69) is 0 Å². The van der Waals surface area contributed by atoms with Crippen molar-refractivity contribution in [1.29, 1.82) is 0 Å². The molecule has 0 bridgehead atoms. The third kappa shape index (κ3) is 7.65. The highest BCUT2D eigenvalue weighted by Crippen LogP contribution is 2.30. The number of hydrogen-bond acceptors (Lipinski definition) is 10. The van der Waals surface area contributed by atoms with E-state index in [1.54, 1.807) is 0 Å². The van der Waals surface area contributed by atoms with Gasteiger partial charge in [0.25, 0.3) is 0 Å². The summed E-state index contributed by atoms with van der Waals surface area (Å²) in [7, 11) is 0. The molecule has 170 valence electrons. The van der Waals surface area contributed by atoms with Crippen molar-refractivity contribution in [2.75, 3.05) is 6.61 Å². The quantitative estimate of drug-likeness (QED) is 0.433. The number of hydrogen-bond donors (Lipinski definition) is 0. The molecule has 0 aliphatic carbocycles. The summed E-state index contributed by atoms with van der Waals surface area (Å²) >= 11 is 0. The minimum atomic E-state index is -1.25. The first-order chi connectivity index (χ1) is 14.7. The molecule has 0 radical (unpaired) electrons. The minimum Gasteiger partial charge on any atom is -0.463 e. The molecular formula is C21H26O10. The second kappa shape index (κ2) is 11.4. The van der Waals surface area contributed by atoms with Gasteiger partial charge < -0.3 is 28.4 Å². The molecule has 0 N–H and O–H groups in total. The minimum absolute atomic E-state index is 0.0918. The summed E-state index contributed by atoms with van der Waals surface area (Å²) in [6.45, 7) is 4.49. The topological polar surface area (TPSA) is 124 Å². The number of carbonyl (C=O) groups excluding carboxylic acids is 4. The molecule has 31 heavy (non-hydrogen) atoms. The molecule has 10 heteroatoms. The molecule has 2 rings (SSSR count). The van der Waals surface area contributed by atoms with Gasteiger partial charge in [-0.2, -0.15) is 0 Å². The Morgan fingerprint density at radius 2 is 1.32 bits per heavy atom. The number of rotatable bonds is 8. The fraction of sp³-hybridized carbons (Fsp3) is 0.524. The first-order valence-electron chi connectivity index (χ1n) is 9.63. The monoisotopic (exact) mass is 438 g/mol. The van der Waals surface area contributed by atoms with E-state index in [4.69, 9.17) is 28.4 Å². The average molecular weight is 438 g/mol. The Morgan fingerprint density at radius 3 is 1.87 bits per heavy atom. The third-order valence-corrected chi connectivity index (χ3v) is 4.21. The molecule has 0 amide bonds. The second-order valence-corrected chi connectivity index (χ2v) is 6.86. The molecular weight excluding hydrogens is 412 g/mol. The molecule has 10 nitrogen and oxygen atoms in total. The summed E-state index contributed by atoms with van der Waals surface area (Å²) < 4.78 is 32.6. The summed E-state index contributed by atoms with van der Waals surface area (Å²) in [5.74, 6) is -2.66. The first-order valence-corrected chi connectivity index (χ1v) is 9.63. The van der Waals surface area contributed by atoms with Crippen LogP contribution in [0.3, 0.4) is 0 Å². The number of carbonyl (C=O) groups is 4. The molecule has 1 heterocycles. The van der Waals surface area contributed by atoms with Gasteiger partial charge in [0, 0.05) is 27.7 Å². The zero-order chi connectivity index (χ0) is 23.0. The lowest BCUT2D eigenvalue weighted by Crippen LogP contribution is -2.62. The van der Waals surface area contributed by atoms with Crippen LogP contribution in [0.15, 0.2) is 30.3 Å². The lowest BCUT2D eigenvalue weighted by atomic mass is 9.98. The van der Waals surface area contributed by atoms with E-state index < -0.39 is 54.6 Å². The number of ether oxygens (including phenoxy) is 6.